The van der Waals surface area contributed by atoms with Gasteiger partial charge in [0, 0.05) is 23.1 Å². The predicted octanol–water partition coefficient (Wildman–Crippen LogP) is 3.56. The molecule has 1 aromatic rings. The molecule has 2 rings (SSSR count). The van der Waals surface area contributed by atoms with Gasteiger partial charge in [0.2, 0.25) is 0 Å². The number of halogens is 2. The van der Waals surface area contributed by atoms with Crippen molar-refractivity contribution in [2.24, 2.45) is 5.92 Å². The third-order valence-corrected chi connectivity index (χ3v) is 4.98. The normalized spacial score (nSPS) is 16.4. The molecule has 1 fully saturated rings. The second-order valence-corrected chi connectivity index (χ2v) is 6.43. The summed E-state index contributed by atoms with van der Waals surface area (Å²) in [5, 5.41) is 3.96. The summed E-state index contributed by atoms with van der Waals surface area (Å²) in [5.41, 5.74) is 0.670. The van der Waals surface area contributed by atoms with Crippen LogP contribution in [0.1, 0.15) is 30.1 Å². The lowest BCUT2D eigenvalue weighted by molar-refractivity contribution is 0.0690. The first-order chi connectivity index (χ1) is 9.61. The Kier molecular flexibility index (Phi) is 5.87. The van der Waals surface area contributed by atoms with Crippen LogP contribution in [0.2, 0.25) is 5.02 Å². The molecule has 0 aromatic heterocycles. The highest BCUT2D eigenvalue weighted by molar-refractivity contribution is 9.10. The molecule has 20 heavy (non-hydrogen) atoms. The summed E-state index contributed by atoms with van der Waals surface area (Å²) < 4.78 is 0.820. The fraction of sp³-hybridized carbons (Fsp3) is 0.533. The van der Waals surface area contributed by atoms with Crippen molar-refractivity contribution in [3.63, 3.8) is 0 Å². The Morgan fingerprint density at radius 2 is 2.15 bits per heavy atom. The second-order valence-electron chi connectivity index (χ2n) is 5.17. The number of nitrogens with zero attached hydrogens (tertiary/aromatic N) is 1. The topological polar surface area (TPSA) is 32.3 Å². The summed E-state index contributed by atoms with van der Waals surface area (Å²) in [7, 11) is 0. The van der Waals surface area contributed by atoms with Crippen molar-refractivity contribution in [2.45, 2.75) is 19.8 Å². The number of piperidine rings is 1. The van der Waals surface area contributed by atoms with Gasteiger partial charge in [-0.15, -0.1) is 0 Å². The number of nitrogens with one attached hydrogen (secondary N) is 1. The van der Waals surface area contributed by atoms with E-state index in [9.17, 15) is 4.79 Å². The minimum Gasteiger partial charge on any atom is -0.339 e. The first kappa shape index (κ1) is 15.8. The zero-order valence-electron chi connectivity index (χ0n) is 11.7. The van der Waals surface area contributed by atoms with Crippen LogP contribution in [-0.2, 0) is 0 Å². The van der Waals surface area contributed by atoms with Crippen molar-refractivity contribution in [1.82, 2.24) is 10.2 Å². The Morgan fingerprint density at radius 1 is 1.45 bits per heavy atom. The van der Waals surface area contributed by atoms with Crippen LogP contribution in [0.3, 0.4) is 0 Å². The van der Waals surface area contributed by atoms with Crippen molar-refractivity contribution in [3.05, 3.63) is 33.3 Å². The Morgan fingerprint density at radius 3 is 2.75 bits per heavy atom. The highest BCUT2D eigenvalue weighted by Gasteiger charge is 2.23. The SMILES string of the molecule is CCNCC1CCN(C(=O)c2ccc(Br)c(Cl)c2)CC1. The van der Waals surface area contributed by atoms with Crippen LogP contribution < -0.4 is 5.32 Å². The van der Waals surface area contributed by atoms with E-state index in [2.05, 4.69) is 28.2 Å². The largest absolute Gasteiger partial charge is 0.339 e. The average molecular weight is 360 g/mol. The molecule has 0 radical (unpaired) electrons. The van der Waals surface area contributed by atoms with Crippen LogP contribution in [0.25, 0.3) is 0 Å². The van der Waals surface area contributed by atoms with Gasteiger partial charge in [0.25, 0.3) is 5.91 Å². The van der Waals surface area contributed by atoms with Crippen molar-refractivity contribution in [1.29, 1.82) is 0 Å². The Bertz CT molecular complexity index is 473. The van der Waals surface area contributed by atoms with Gasteiger partial charge in [-0.05, 0) is 66.0 Å². The number of carbonyl (C=O) groups excluding carboxylic acids is 1. The molecule has 1 heterocycles. The highest BCUT2D eigenvalue weighted by Crippen LogP contribution is 2.25. The number of hydrogen-bond donors (Lipinski definition) is 1. The van der Waals surface area contributed by atoms with Crippen LogP contribution in [0.4, 0.5) is 0 Å². The minimum absolute atomic E-state index is 0.0845. The van der Waals surface area contributed by atoms with Crippen molar-refractivity contribution >= 4 is 33.4 Å². The number of hydrogen-bond acceptors (Lipinski definition) is 2. The van der Waals surface area contributed by atoms with Crippen molar-refractivity contribution in [2.75, 3.05) is 26.2 Å². The van der Waals surface area contributed by atoms with Crippen LogP contribution >= 0.6 is 27.5 Å². The van der Waals surface area contributed by atoms with E-state index in [4.69, 9.17) is 11.6 Å². The maximum Gasteiger partial charge on any atom is 0.253 e. The minimum atomic E-state index is 0.0845. The third kappa shape index (κ3) is 3.96. The molecular formula is C15H20BrClN2O. The number of rotatable bonds is 4. The van der Waals surface area contributed by atoms with E-state index in [1.807, 2.05) is 17.0 Å². The fourth-order valence-electron chi connectivity index (χ4n) is 2.50. The summed E-state index contributed by atoms with van der Waals surface area (Å²) in [5.74, 6) is 0.772. The van der Waals surface area contributed by atoms with Crippen LogP contribution in [0, 0.1) is 5.92 Å². The van der Waals surface area contributed by atoms with Gasteiger partial charge in [-0.25, -0.2) is 0 Å². The molecule has 1 saturated heterocycles. The molecule has 0 atom stereocenters. The van der Waals surface area contributed by atoms with E-state index in [-0.39, 0.29) is 5.91 Å². The molecule has 0 saturated carbocycles. The van der Waals surface area contributed by atoms with E-state index in [0.29, 0.717) is 16.5 Å². The molecule has 0 bridgehead atoms. The van der Waals surface area contributed by atoms with Gasteiger partial charge >= 0.3 is 0 Å². The average Bonchev–Trinajstić information content (AvgIpc) is 2.48. The molecule has 0 spiro atoms. The first-order valence-corrected chi connectivity index (χ1v) is 8.24. The summed E-state index contributed by atoms with van der Waals surface area (Å²) in [4.78, 5) is 14.4. The van der Waals surface area contributed by atoms with Gasteiger partial charge in [0.1, 0.15) is 0 Å². The van der Waals surface area contributed by atoms with Gasteiger partial charge in [-0.1, -0.05) is 18.5 Å². The van der Waals surface area contributed by atoms with Gasteiger partial charge in [-0.3, -0.25) is 4.79 Å². The van der Waals surface area contributed by atoms with E-state index >= 15 is 0 Å². The Labute approximate surface area is 133 Å². The lowest BCUT2D eigenvalue weighted by Gasteiger charge is -2.32. The highest BCUT2D eigenvalue weighted by atomic mass is 79.9. The molecule has 110 valence electrons. The number of benzene rings is 1. The number of carbonyl (C=O) groups is 1. The first-order valence-electron chi connectivity index (χ1n) is 7.07. The molecule has 1 aliphatic rings. The van der Waals surface area contributed by atoms with Crippen LogP contribution in [-0.4, -0.2) is 37.0 Å². The zero-order chi connectivity index (χ0) is 14.5. The van der Waals surface area contributed by atoms with Crippen molar-refractivity contribution < 1.29 is 4.79 Å². The molecule has 1 amide bonds. The smallest absolute Gasteiger partial charge is 0.253 e. The zero-order valence-corrected chi connectivity index (χ0v) is 14.0. The molecule has 1 aromatic carbocycles. The molecule has 1 N–H and O–H groups in total. The summed E-state index contributed by atoms with van der Waals surface area (Å²) in [6.45, 7) is 5.86. The maximum absolute atomic E-state index is 12.4. The molecule has 0 unspecified atom stereocenters. The summed E-state index contributed by atoms with van der Waals surface area (Å²) in [6, 6.07) is 5.38. The van der Waals surface area contributed by atoms with Crippen LogP contribution in [0.15, 0.2) is 22.7 Å². The van der Waals surface area contributed by atoms with E-state index < -0.39 is 0 Å². The standard InChI is InChI=1S/C15H20BrClN2O/c1-2-18-10-11-5-7-19(8-6-11)15(20)12-3-4-13(16)14(17)9-12/h3-4,9,11,18H,2,5-8,10H2,1H3. The summed E-state index contributed by atoms with van der Waals surface area (Å²) >= 11 is 9.39. The predicted molar refractivity (Wildman–Crippen MR) is 86.3 cm³/mol. The molecule has 5 heteroatoms. The molecular weight excluding hydrogens is 340 g/mol. The Hall–Kier alpha value is -0.580. The van der Waals surface area contributed by atoms with Crippen molar-refractivity contribution in [3.8, 4) is 0 Å². The Balaban J connectivity index is 1.92. The molecule has 3 nitrogen and oxygen atoms in total. The number of amides is 1. The van der Waals surface area contributed by atoms with Crippen LogP contribution in [0.5, 0.6) is 0 Å². The van der Waals surface area contributed by atoms with E-state index in [0.717, 1.165) is 43.5 Å². The van der Waals surface area contributed by atoms with E-state index in [1.54, 1.807) is 6.07 Å². The quantitative estimate of drug-likeness (QED) is 0.891. The van der Waals surface area contributed by atoms with Gasteiger partial charge in [-0.2, -0.15) is 0 Å². The molecule has 0 aliphatic carbocycles. The monoisotopic (exact) mass is 358 g/mol. The van der Waals surface area contributed by atoms with E-state index in [1.165, 1.54) is 0 Å². The third-order valence-electron chi connectivity index (χ3n) is 3.75. The lowest BCUT2D eigenvalue weighted by atomic mass is 9.96. The summed E-state index contributed by atoms with van der Waals surface area (Å²) in [6.07, 6.45) is 2.14. The van der Waals surface area contributed by atoms with Gasteiger partial charge < -0.3 is 10.2 Å². The second kappa shape index (κ2) is 7.43. The van der Waals surface area contributed by atoms with Gasteiger partial charge in [0.05, 0.1) is 5.02 Å². The lowest BCUT2D eigenvalue weighted by Crippen LogP contribution is -2.40. The van der Waals surface area contributed by atoms with Gasteiger partial charge in [0.15, 0.2) is 0 Å². The molecule has 1 aliphatic heterocycles. The maximum atomic E-state index is 12.4. The number of likely N-dealkylation sites (tertiary alicyclic amines) is 1. The fourth-order valence-corrected chi connectivity index (χ4v) is 2.93.